The van der Waals surface area contributed by atoms with Crippen molar-refractivity contribution in [3.05, 3.63) is 0 Å². The first-order valence-corrected chi connectivity index (χ1v) is 5.46. The fourth-order valence-corrected chi connectivity index (χ4v) is 1.39. The molecule has 0 heterocycles. The highest BCUT2D eigenvalue weighted by Crippen LogP contribution is 2.35. The van der Waals surface area contributed by atoms with Crippen molar-refractivity contribution in [1.29, 1.82) is 0 Å². The molecule has 2 atom stereocenters. The van der Waals surface area contributed by atoms with E-state index in [4.69, 9.17) is 0 Å². The van der Waals surface area contributed by atoms with Crippen LogP contribution in [0.15, 0.2) is 0 Å². The highest BCUT2D eigenvalue weighted by Gasteiger charge is 2.58. The zero-order valence-electron chi connectivity index (χ0n) is 10.3. The van der Waals surface area contributed by atoms with E-state index in [1.54, 1.807) is 13.8 Å². The van der Waals surface area contributed by atoms with Crippen molar-refractivity contribution in [2.75, 3.05) is 13.7 Å². The van der Waals surface area contributed by atoms with Gasteiger partial charge >= 0.3 is 12.4 Å². The molecule has 0 fully saturated rings. The van der Waals surface area contributed by atoms with E-state index >= 15 is 0 Å². The first-order chi connectivity index (χ1) is 8.04. The predicted molar refractivity (Wildman–Crippen MR) is 54.2 cm³/mol. The second-order valence-corrected chi connectivity index (χ2v) is 4.08. The SMILES string of the molecule is CCC(C)C(COC(C(F)(F)F)C(F)(F)F)NC. The van der Waals surface area contributed by atoms with Crippen LogP contribution in [0.2, 0.25) is 0 Å². The lowest BCUT2D eigenvalue weighted by molar-refractivity contribution is -0.323. The highest BCUT2D eigenvalue weighted by atomic mass is 19.4. The summed E-state index contributed by atoms with van der Waals surface area (Å²) in [6, 6.07) is -0.554. The quantitative estimate of drug-likeness (QED) is 0.755. The van der Waals surface area contributed by atoms with Crippen molar-refractivity contribution in [2.24, 2.45) is 5.92 Å². The van der Waals surface area contributed by atoms with Gasteiger partial charge in [-0.25, -0.2) is 0 Å². The normalized spacial score (nSPS) is 17.0. The minimum atomic E-state index is -5.45. The molecule has 18 heavy (non-hydrogen) atoms. The van der Waals surface area contributed by atoms with E-state index < -0.39 is 31.1 Å². The van der Waals surface area contributed by atoms with Gasteiger partial charge in [-0.15, -0.1) is 0 Å². The fourth-order valence-electron chi connectivity index (χ4n) is 1.39. The van der Waals surface area contributed by atoms with E-state index in [9.17, 15) is 26.3 Å². The lowest BCUT2D eigenvalue weighted by atomic mass is 10.0. The van der Waals surface area contributed by atoms with E-state index in [0.717, 1.165) is 0 Å². The van der Waals surface area contributed by atoms with Crippen LogP contribution in [0.5, 0.6) is 0 Å². The second-order valence-electron chi connectivity index (χ2n) is 4.08. The van der Waals surface area contributed by atoms with Gasteiger partial charge in [-0.1, -0.05) is 20.3 Å². The van der Waals surface area contributed by atoms with Crippen molar-refractivity contribution in [1.82, 2.24) is 5.32 Å². The Hall–Kier alpha value is -0.500. The van der Waals surface area contributed by atoms with Crippen molar-refractivity contribution >= 4 is 0 Å². The molecular weight excluding hydrogens is 264 g/mol. The average Bonchev–Trinajstić information content (AvgIpc) is 2.19. The number of hydrogen-bond donors (Lipinski definition) is 1. The molecule has 0 bridgehead atoms. The van der Waals surface area contributed by atoms with Crippen molar-refractivity contribution in [3.8, 4) is 0 Å². The van der Waals surface area contributed by atoms with Crippen LogP contribution in [-0.2, 0) is 4.74 Å². The number of likely N-dealkylation sites (N-methyl/N-ethyl adjacent to an activating group) is 1. The number of nitrogens with one attached hydrogen (secondary N) is 1. The zero-order valence-corrected chi connectivity index (χ0v) is 10.3. The molecule has 0 aliphatic rings. The van der Waals surface area contributed by atoms with Gasteiger partial charge in [-0.05, 0) is 13.0 Å². The molecule has 0 amide bonds. The molecule has 1 N–H and O–H groups in total. The molecule has 0 aliphatic carbocycles. The minimum Gasteiger partial charge on any atom is -0.359 e. The molecule has 0 aromatic rings. The Labute approximate surface area is 102 Å². The van der Waals surface area contributed by atoms with E-state index in [1.165, 1.54) is 7.05 Å². The average molecular weight is 281 g/mol. The lowest BCUT2D eigenvalue weighted by Gasteiger charge is -2.27. The standard InChI is InChI=1S/C10H17F6NO/c1-4-6(2)7(17-3)5-18-8(9(11,12)13)10(14,15)16/h6-8,17H,4-5H2,1-3H3. The summed E-state index contributed by atoms with van der Waals surface area (Å²) in [4.78, 5) is 0. The van der Waals surface area contributed by atoms with E-state index in [2.05, 4.69) is 10.1 Å². The lowest BCUT2D eigenvalue weighted by Crippen LogP contribution is -2.47. The summed E-state index contributed by atoms with van der Waals surface area (Å²) < 4.78 is 77.2. The molecule has 2 unspecified atom stereocenters. The van der Waals surface area contributed by atoms with Gasteiger partial charge < -0.3 is 10.1 Å². The summed E-state index contributed by atoms with van der Waals surface area (Å²) >= 11 is 0. The maximum Gasteiger partial charge on any atom is 0.423 e. The number of ether oxygens (including phenoxy) is 1. The van der Waals surface area contributed by atoms with Crippen LogP contribution in [0, 0.1) is 5.92 Å². The van der Waals surface area contributed by atoms with Crippen molar-refractivity contribution in [3.63, 3.8) is 0 Å². The monoisotopic (exact) mass is 281 g/mol. The van der Waals surface area contributed by atoms with Gasteiger partial charge in [0, 0.05) is 6.04 Å². The van der Waals surface area contributed by atoms with Gasteiger partial charge in [-0.2, -0.15) is 26.3 Å². The first kappa shape index (κ1) is 17.5. The van der Waals surface area contributed by atoms with Crippen LogP contribution in [-0.4, -0.2) is 38.2 Å². The Balaban J connectivity index is 4.62. The molecule has 0 saturated carbocycles. The fraction of sp³-hybridized carbons (Fsp3) is 1.00. The number of hydrogen-bond acceptors (Lipinski definition) is 2. The predicted octanol–water partition coefficient (Wildman–Crippen LogP) is 3.13. The van der Waals surface area contributed by atoms with Gasteiger partial charge in [-0.3, -0.25) is 0 Å². The molecule has 8 heteroatoms. The largest absolute Gasteiger partial charge is 0.423 e. The molecule has 0 aliphatic heterocycles. The number of halogens is 6. The summed E-state index contributed by atoms with van der Waals surface area (Å²) in [5.74, 6) is -0.0860. The van der Waals surface area contributed by atoms with Crippen molar-refractivity contribution < 1.29 is 31.1 Å². The zero-order chi connectivity index (χ0) is 14.6. The Kier molecular flexibility index (Phi) is 6.42. The molecule has 2 nitrogen and oxygen atoms in total. The molecule has 0 radical (unpaired) electrons. The molecular formula is C10H17F6NO. The van der Waals surface area contributed by atoms with Crippen LogP contribution >= 0.6 is 0 Å². The second kappa shape index (κ2) is 6.60. The maximum atomic E-state index is 12.2. The van der Waals surface area contributed by atoms with Gasteiger partial charge in [0.05, 0.1) is 6.61 Å². The molecule has 0 aromatic heterocycles. The Bertz CT molecular complexity index is 226. The van der Waals surface area contributed by atoms with Gasteiger partial charge in [0.25, 0.3) is 0 Å². The molecule has 0 saturated heterocycles. The van der Waals surface area contributed by atoms with E-state index in [1.807, 2.05) is 0 Å². The van der Waals surface area contributed by atoms with Gasteiger partial charge in [0.2, 0.25) is 6.10 Å². The van der Waals surface area contributed by atoms with Gasteiger partial charge in [0.15, 0.2) is 0 Å². The smallest absolute Gasteiger partial charge is 0.359 e. The molecule has 0 aromatic carbocycles. The van der Waals surface area contributed by atoms with Crippen LogP contribution in [0.1, 0.15) is 20.3 Å². The third-order valence-electron chi connectivity index (χ3n) is 2.74. The van der Waals surface area contributed by atoms with Crippen LogP contribution in [0.4, 0.5) is 26.3 Å². The van der Waals surface area contributed by atoms with Crippen LogP contribution < -0.4 is 5.32 Å². The third kappa shape index (κ3) is 5.43. The Morgan fingerprint density at radius 1 is 1.06 bits per heavy atom. The van der Waals surface area contributed by atoms with E-state index in [-0.39, 0.29) is 5.92 Å². The summed E-state index contributed by atoms with van der Waals surface area (Å²) in [6.45, 7) is 2.87. The third-order valence-corrected chi connectivity index (χ3v) is 2.74. The number of rotatable bonds is 6. The summed E-state index contributed by atoms with van der Waals surface area (Å²) in [5, 5.41) is 2.65. The minimum absolute atomic E-state index is 0.0860. The Morgan fingerprint density at radius 2 is 1.50 bits per heavy atom. The maximum absolute atomic E-state index is 12.2. The molecule has 0 rings (SSSR count). The van der Waals surface area contributed by atoms with Gasteiger partial charge in [0.1, 0.15) is 0 Å². The highest BCUT2D eigenvalue weighted by molar-refractivity contribution is 4.78. The Morgan fingerprint density at radius 3 is 1.78 bits per heavy atom. The van der Waals surface area contributed by atoms with Crippen LogP contribution in [0.25, 0.3) is 0 Å². The topological polar surface area (TPSA) is 21.3 Å². The first-order valence-electron chi connectivity index (χ1n) is 5.46. The summed E-state index contributed by atoms with van der Waals surface area (Å²) in [7, 11) is 1.47. The van der Waals surface area contributed by atoms with Crippen LogP contribution in [0.3, 0.4) is 0 Å². The summed E-state index contributed by atoms with van der Waals surface area (Å²) in [5.41, 5.74) is 0. The number of alkyl halides is 6. The summed E-state index contributed by atoms with van der Waals surface area (Å²) in [6.07, 6.45) is -14.0. The van der Waals surface area contributed by atoms with E-state index in [0.29, 0.717) is 6.42 Å². The van der Waals surface area contributed by atoms with Crippen molar-refractivity contribution in [2.45, 2.75) is 44.8 Å². The molecule has 0 spiro atoms. The molecule has 110 valence electrons.